The van der Waals surface area contributed by atoms with E-state index in [0.717, 1.165) is 5.56 Å². The predicted molar refractivity (Wildman–Crippen MR) is 76.8 cm³/mol. The lowest BCUT2D eigenvalue weighted by Crippen LogP contribution is -2.42. The molecule has 5 nitrogen and oxygen atoms in total. The number of benzene rings is 1. The maximum absolute atomic E-state index is 11.7. The Morgan fingerprint density at radius 3 is 2.75 bits per heavy atom. The van der Waals surface area contributed by atoms with Crippen LogP contribution in [0, 0.1) is 6.92 Å². The number of hydrogen-bond acceptors (Lipinski definition) is 4. The molecular formula is C15H23NO4. The number of amides is 1. The standard InChI is InChI=1S/C15H23NO4/c1-12-6-4-5-7-13(12)20-10-14(17)16-11-15(2,18)8-9-19-3/h4-7,18H,8-11H2,1-3H3,(H,16,17). The van der Waals surface area contributed by atoms with Crippen molar-refractivity contribution in [2.24, 2.45) is 0 Å². The number of hydrogen-bond donors (Lipinski definition) is 2. The summed E-state index contributed by atoms with van der Waals surface area (Å²) in [5, 5.41) is 12.6. The normalized spacial score (nSPS) is 13.6. The molecule has 0 saturated carbocycles. The molecule has 1 rings (SSSR count). The van der Waals surface area contributed by atoms with Crippen molar-refractivity contribution in [1.82, 2.24) is 5.32 Å². The lowest BCUT2D eigenvalue weighted by molar-refractivity contribution is -0.124. The van der Waals surface area contributed by atoms with E-state index in [2.05, 4.69) is 5.32 Å². The quantitative estimate of drug-likeness (QED) is 0.753. The van der Waals surface area contributed by atoms with Crippen LogP contribution < -0.4 is 10.1 Å². The molecule has 2 N–H and O–H groups in total. The van der Waals surface area contributed by atoms with Gasteiger partial charge in [-0.15, -0.1) is 0 Å². The molecule has 0 aliphatic rings. The minimum atomic E-state index is -0.978. The van der Waals surface area contributed by atoms with Crippen molar-refractivity contribution in [1.29, 1.82) is 0 Å². The van der Waals surface area contributed by atoms with E-state index < -0.39 is 5.60 Å². The van der Waals surface area contributed by atoms with E-state index in [-0.39, 0.29) is 19.1 Å². The zero-order chi connectivity index (χ0) is 15.0. The van der Waals surface area contributed by atoms with Gasteiger partial charge in [0, 0.05) is 26.7 Å². The lowest BCUT2D eigenvalue weighted by atomic mass is 10.0. The summed E-state index contributed by atoms with van der Waals surface area (Å²) in [7, 11) is 1.57. The largest absolute Gasteiger partial charge is 0.484 e. The number of aliphatic hydroxyl groups is 1. The van der Waals surface area contributed by atoms with Gasteiger partial charge in [-0.25, -0.2) is 0 Å². The van der Waals surface area contributed by atoms with Gasteiger partial charge in [-0.05, 0) is 25.5 Å². The van der Waals surface area contributed by atoms with Crippen molar-refractivity contribution in [2.45, 2.75) is 25.9 Å². The fourth-order valence-electron chi connectivity index (χ4n) is 1.61. The second-order valence-corrected chi connectivity index (χ2v) is 5.07. The third-order valence-corrected chi connectivity index (χ3v) is 2.96. The summed E-state index contributed by atoms with van der Waals surface area (Å²) in [6.45, 7) is 4.14. The van der Waals surface area contributed by atoms with Gasteiger partial charge in [0.15, 0.2) is 6.61 Å². The van der Waals surface area contributed by atoms with E-state index in [0.29, 0.717) is 18.8 Å². The van der Waals surface area contributed by atoms with E-state index in [1.165, 1.54) is 0 Å². The molecule has 0 bridgehead atoms. The second-order valence-electron chi connectivity index (χ2n) is 5.07. The molecule has 1 aromatic carbocycles. The summed E-state index contributed by atoms with van der Waals surface area (Å²) in [5.74, 6) is 0.430. The van der Waals surface area contributed by atoms with E-state index in [4.69, 9.17) is 9.47 Å². The molecule has 0 spiro atoms. The van der Waals surface area contributed by atoms with Gasteiger partial charge < -0.3 is 19.9 Å². The van der Waals surface area contributed by atoms with E-state index in [1.807, 2.05) is 31.2 Å². The van der Waals surface area contributed by atoms with Crippen molar-refractivity contribution in [2.75, 3.05) is 26.9 Å². The number of rotatable bonds is 8. The van der Waals surface area contributed by atoms with Gasteiger partial charge in [-0.3, -0.25) is 4.79 Å². The fourth-order valence-corrected chi connectivity index (χ4v) is 1.61. The highest BCUT2D eigenvalue weighted by atomic mass is 16.5. The van der Waals surface area contributed by atoms with Gasteiger partial charge in [-0.1, -0.05) is 18.2 Å². The Kier molecular flexibility index (Phi) is 6.48. The Labute approximate surface area is 119 Å². The SMILES string of the molecule is COCCC(C)(O)CNC(=O)COc1ccccc1C. The number of aryl methyl sites for hydroxylation is 1. The molecule has 112 valence electrons. The molecule has 1 aromatic rings. The van der Waals surface area contributed by atoms with Crippen LogP contribution in [0.1, 0.15) is 18.9 Å². The summed E-state index contributed by atoms with van der Waals surface area (Å²) < 4.78 is 10.3. The van der Waals surface area contributed by atoms with Gasteiger partial charge >= 0.3 is 0 Å². The van der Waals surface area contributed by atoms with Crippen LogP contribution in [0.2, 0.25) is 0 Å². The van der Waals surface area contributed by atoms with Crippen LogP contribution in [0.4, 0.5) is 0 Å². The number of ether oxygens (including phenoxy) is 2. The van der Waals surface area contributed by atoms with Crippen LogP contribution in [0.3, 0.4) is 0 Å². The lowest BCUT2D eigenvalue weighted by Gasteiger charge is -2.23. The van der Waals surface area contributed by atoms with E-state index in [1.54, 1.807) is 14.0 Å². The average Bonchev–Trinajstić information content (AvgIpc) is 2.42. The predicted octanol–water partition coefficient (Wildman–Crippen LogP) is 1.28. The van der Waals surface area contributed by atoms with Gasteiger partial charge in [-0.2, -0.15) is 0 Å². The molecule has 20 heavy (non-hydrogen) atoms. The first-order valence-corrected chi connectivity index (χ1v) is 6.61. The van der Waals surface area contributed by atoms with Crippen molar-refractivity contribution in [3.63, 3.8) is 0 Å². The first-order valence-electron chi connectivity index (χ1n) is 6.61. The second kappa shape index (κ2) is 7.87. The molecule has 1 atom stereocenters. The summed E-state index contributed by atoms with van der Waals surface area (Å²) in [5.41, 5.74) is 0.00122. The van der Waals surface area contributed by atoms with Crippen molar-refractivity contribution >= 4 is 5.91 Å². The number of methoxy groups -OCH3 is 1. The highest BCUT2D eigenvalue weighted by Gasteiger charge is 2.20. The molecule has 5 heteroatoms. The van der Waals surface area contributed by atoms with Crippen molar-refractivity contribution in [3.05, 3.63) is 29.8 Å². The van der Waals surface area contributed by atoms with Crippen molar-refractivity contribution in [3.8, 4) is 5.75 Å². The zero-order valence-electron chi connectivity index (χ0n) is 12.3. The Morgan fingerprint density at radius 2 is 2.10 bits per heavy atom. The molecule has 0 saturated heterocycles. The van der Waals surface area contributed by atoms with Crippen LogP contribution in [-0.2, 0) is 9.53 Å². The van der Waals surface area contributed by atoms with Gasteiger partial charge in [0.1, 0.15) is 5.75 Å². The Balaban J connectivity index is 2.32. The summed E-state index contributed by atoms with van der Waals surface area (Å²) >= 11 is 0. The molecule has 0 fully saturated rings. The maximum Gasteiger partial charge on any atom is 0.258 e. The number of carbonyl (C=O) groups is 1. The Hall–Kier alpha value is -1.59. The topological polar surface area (TPSA) is 67.8 Å². The molecule has 1 unspecified atom stereocenters. The minimum absolute atomic E-state index is 0.0643. The minimum Gasteiger partial charge on any atom is -0.484 e. The van der Waals surface area contributed by atoms with Crippen LogP contribution in [0.5, 0.6) is 5.75 Å². The summed E-state index contributed by atoms with van der Waals surface area (Å²) in [4.78, 5) is 11.7. The molecular weight excluding hydrogens is 258 g/mol. The molecule has 0 aliphatic carbocycles. The van der Waals surface area contributed by atoms with Gasteiger partial charge in [0.2, 0.25) is 0 Å². The average molecular weight is 281 g/mol. The molecule has 0 aromatic heterocycles. The Bertz CT molecular complexity index is 432. The van der Waals surface area contributed by atoms with E-state index in [9.17, 15) is 9.90 Å². The number of para-hydroxylation sites is 1. The molecule has 0 aliphatic heterocycles. The van der Waals surface area contributed by atoms with E-state index >= 15 is 0 Å². The van der Waals surface area contributed by atoms with Gasteiger partial charge in [0.25, 0.3) is 5.91 Å². The number of nitrogens with one attached hydrogen (secondary N) is 1. The maximum atomic E-state index is 11.7. The number of carbonyl (C=O) groups excluding carboxylic acids is 1. The molecule has 1 amide bonds. The first-order chi connectivity index (χ1) is 9.44. The summed E-state index contributed by atoms with van der Waals surface area (Å²) in [6, 6.07) is 7.51. The molecule has 0 radical (unpaired) electrons. The highest BCUT2D eigenvalue weighted by molar-refractivity contribution is 5.77. The monoisotopic (exact) mass is 281 g/mol. The van der Waals surface area contributed by atoms with Gasteiger partial charge in [0.05, 0.1) is 5.60 Å². The zero-order valence-corrected chi connectivity index (χ0v) is 12.3. The fraction of sp³-hybridized carbons (Fsp3) is 0.533. The van der Waals surface area contributed by atoms with Crippen LogP contribution >= 0.6 is 0 Å². The summed E-state index contributed by atoms with van der Waals surface area (Å²) in [6.07, 6.45) is 0.461. The van der Waals surface area contributed by atoms with Crippen LogP contribution in [0.25, 0.3) is 0 Å². The third-order valence-electron chi connectivity index (χ3n) is 2.96. The highest BCUT2D eigenvalue weighted by Crippen LogP contribution is 2.15. The Morgan fingerprint density at radius 1 is 1.40 bits per heavy atom. The van der Waals surface area contributed by atoms with Crippen molar-refractivity contribution < 1.29 is 19.4 Å². The van der Waals surface area contributed by atoms with Crippen LogP contribution in [-0.4, -0.2) is 43.5 Å². The van der Waals surface area contributed by atoms with Crippen LogP contribution in [0.15, 0.2) is 24.3 Å². The third kappa shape index (κ3) is 6.04. The molecule has 0 heterocycles. The smallest absolute Gasteiger partial charge is 0.258 e. The first kappa shape index (κ1) is 16.5.